The van der Waals surface area contributed by atoms with Crippen LogP contribution in [0.3, 0.4) is 0 Å². The van der Waals surface area contributed by atoms with Crippen LogP contribution >= 0.6 is 0 Å². The zero-order chi connectivity index (χ0) is 10.7. The summed E-state index contributed by atoms with van der Waals surface area (Å²) < 4.78 is 5.10. The lowest BCUT2D eigenvalue weighted by atomic mass is 10.0. The highest BCUT2D eigenvalue weighted by Crippen LogP contribution is 2.22. The van der Waals surface area contributed by atoms with Crippen molar-refractivity contribution in [2.45, 2.75) is 13.0 Å². The van der Waals surface area contributed by atoms with Gasteiger partial charge in [-0.25, -0.2) is 0 Å². The fourth-order valence-electron chi connectivity index (χ4n) is 1.72. The van der Waals surface area contributed by atoms with Crippen LogP contribution in [0.1, 0.15) is 22.7 Å². The molecule has 1 unspecified atom stereocenters. The van der Waals surface area contributed by atoms with Gasteiger partial charge in [-0.2, -0.15) is 0 Å². The lowest BCUT2D eigenvalue weighted by Crippen LogP contribution is -2.16. The maximum absolute atomic E-state index is 5.10. The van der Waals surface area contributed by atoms with Gasteiger partial charge >= 0.3 is 0 Å². The van der Waals surface area contributed by atoms with Crippen molar-refractivity contribution in [2.24, 2.45) is 0 Å². The first-order valence-corrected chi connectivity index (χ1v) is 5.07. The summed E-state index contributed by atoms with van der Waals surface area (Å²) in [6, 6.07) is 10.7. The summed E-state index contributed by atoms with van der Waals surface area (Å²) in [7, 11) is 1.96. The lowest BCUT2D eigenvalue weighted by molar-refractivity contribution is 0.557. The summed E-state index contributed by atoms with van der Waals surface area (Å²) in [5.41, 5.74) is 3.69. The Bertz CT molecular complexity index is 403. The Labute approximate surface area is 89.9 Å². The van der Waals surface area contributed by atoms with Crippen molar-refractivity contribution in [3.63, 3.8) is 0 Å². The smallest absolute Gasteiger partial charge is 0.0953 e. The average molecular weight is 201 g/mol. The molecule has 1 aromatic carbocycles. The third-order valence-corrected chi connectivity index (χ3v) is 2.58. The van der Waals surface area contributed by atoms with Gasteiger partial charge in [-0.3, -0.25) is 0 Å². The standard InChI is InChI=1S/C13H15NO/c1-10-3-5-11(6-4-10)13(14-2)12-7-8-15-9-12/h3-9,13-14H,1-2H3. The van der Waals surface area contributed by atoms with Gasteiger partial charge in [-0.1, -0.05) is 29.8 Å². The van der Waals surface area contributed by atoms with Crippen LogP contribution in [-0.2, 0) is 0 Å². The Morgan fingerprint density at radius 3 is 2.33 bits per heavy atom. The molecule has 2 heteroatoms. The van der Waals surface area contributed by atoms with Gasteiger partial charge in [0.2, 0.25) is 0 Å². The highest BCUT2D eigenvalue weighted by Gasteiger charge is 2.12. The van der Waals surface area contributed by atoms with Gasteiger partial charge in [0, 0.05) is 5.56 Å². The van der Waals surface area contributed by atoms with E-state index in [4.69, 9.17) is 4.42 Å². The molecule has 1 heterocycles. The Balaban J connectivity index is 2.31. The molecule has 0 fully saturated rings. The largest absolute Gasteiger partial charge is 0.472 e. The SMILES string of the molecule is CNC(c1ccc(C)cc1)c1ccoc1. The molecule has 0 radical (unpaired) electrons. The minimum absolute atomic E-state index is 0.212. The van der Waals surface area contributed by atoms with Crippen molar-refractivity contribution < 1.29 is 4.42 Å². The Kier molecular flexibility index (Phi) is 2.88. The first kappa shape index (κ1) is 9.99. The molecule has 2 rings (SSSR count). The molecule has 0 amide bonds. The fourth-order valence-corrected chi connectivity index (χ4v) is 1.72. The zero-order valence-electron chi connectivity index (χ0n) is 9.03. The van der Waals surface area contributed by atoms with E-state index in [0.29, 0.717) is 0 Å². The minimum atomic E-state index is 0.212. The van der Waals surface area contributed by atoms with E-state index < -0.39 is 0 Å². The van der Waals surface area contributed by atoms with Crippen LogP contribution < -0.4 is 5.32 Å². The van der Waals surface area contributed by atoms with Crippen LogP contribution in [-0.4, -0.2) is 7.05 Å². The van der Waals surface area contributed by atoms with E-state index in [1.54, 1.807) is 12.5 Å². The molecule has 15 heavy (non-hydrogen) atoms. The van der Waals surface area contributed by atoms with Gasteiger partial charge < -0.3 is 9.73 Å². The molecule has 0 aliphatic rings. The van der Waals surface area contributed by atoms with Gasteiger partial charge in [0.1, 0.15) is 0 Å². The monoisotopic (exact) mass is 201 g/mol. The highest BCUT2D eigenvalue weighted by molar-refractivity contribution is 5.31. The second-order valence-electron chi connectivity index (χ2n) is 3.69. The van der Waals surface area contributed by atoms with Crippen molar-refractivity contribution in [2.75, 3.05) is 7.05 Å². The summed E-state index contributed by atoms with van der Waals surface area (Å²) in [6.07, 6.45) is 3.48. The maximum Gasteiger partial charge on any atom is 0.0953 e. The zero-order valence-corrected chi connectivity index (χ0v) is 9.03. The highest BCUT2D eigenvalue weighted by atomic mass is 16.3. The number of furan rings is 1. The van der Waals surface area contributed by atoms with Crippen molar-refractivity contribution in [1.82, 2.24) is 5.32 Å². The van der Waals surface area contributed by atoms with Crippen molar-refractivity contribution >= 4 is 0 Å². The molecule has 0 aliphatic carbocycles. The molecule has 1 aromatic heterocycles. The van der Waals surface area contributed by atoms with Crippen molar-refractivity contribution in [3.05, 3.63) is 59.5 Å². The molecule has 0 spiro atoms. The predicted octanol–water partition coefficient (Wildman–Crippen LogP) is 2.90. The van der Waals surface area contributed by atoms with Crippen LogP contribution in [0.4, 0.5) is 0 Å². The second-order valence-corrected chi connectivity index (χ2v) is 3.69. The Hall–Kier alpha value is -1.54. The molecule has 0 aliphatic heterocycles. The van der Waals surface area contributed by atoms with Crippen molar-refractivity contribution in [1.29, 1.82) is 0 Å². The summed E-state index contributed by atoms with van der Waals surface area (Å²) in [5, 5.41) is 3.28. The number of hydrogen-bond donors (Lipinski definition) is 1. The quantitative estimate of drug-likeness (QED) is 0.826. The lowest BCUT2D eigenvalue weighted by Gasteiger charge is -2.14. The summed E-state index contributed by atoms with van der Waals surface area (Å²) in [4.78, 5) is 0. The summed E-state index contributed by atoms with van der Waals surface area (Å²) in [6.45, 7) is 2.09. The number of rotatable bonds is 3. The van der Waals surface area contributed by atoms with Crippen LogP contribution in [0, 0.1) is 6.92 Å². The van der Waals surface area contributed by atoms with E-state index in [9.17, 15) is 0 Å². The summed E-state index contributed by atoms with van der Waals surface area (Å²) in [5.74, 6) is 0. The molecule has 2 nitrogen and oxygen atoms in total. The maximum atomic E-state index is 5.10. The number of benzene rings is 1. The normalized spacial score (nSPS) is 12.7. The molecule has 78 valence electrons. The number of hydrogen-bond acceptors (Lipinski definition) is 2. The van der Waals surface area contributed by atoms with Gasteiger partial charge in [-0.15, -0.1) is 0 Å². The first-order valence-electron chi connectivity index (χ1n) is 5.07. The number of nitrogens with one attached hydrogen (secondary N) is 1. The second kappa shape index (κ2) is 4.32. The molecule has 1 atom stereocenters. The molecular weight excluding hydrogens is 186 g/mol. The van der Waals surface area contributed by atoms with Crippen molar-refractivity contribution in [3.8, 4) is 0 Å². The molecule has 1 N–H and O–H groups in total. The van der Waals surface area contributed by atoms with Gasteiger partial charge in [0.05, 0.1) is 18.6 Å². The molecule has 2 aromatic rings. The topological polar surface area (TPSA) is 25.2 Å². The fraction of sp³-hybridized carbons (Fsp3) is 0.231. The van der Waals surface area contributed by atoms with E-state index in [1.165, 1.54) is 11.1 Å². The minimum Gasteiger partial charge on any atom is -0.472 e. The predicted molar refractivity (Wildman–Crippen MR) is 60.8 cm³/mol. The Morgan fingerprint density at radius 1 is 1.07 bits per heavy atom. The number of aryl methyl sites for hydroxylation is 1. The van der Waals surface area contributed by atoms with Crippen LogP contribution in [0.25, 0.3) is 0 Å². The van der Waals surface area contributed by atoms with E-state index in [0.717, 1.165) is 5.56 Å². The van der Waals surface area contributed by atoms with Gasteiger partial charge in [-0.05, 0) is 25.6 Å². The van der Waals surface area contributed by atoms with Crippen LogP contribution in [0.5, 0.6) is 0 Å². The molecule has 0 bridgehead atoms. The van der Waals surface area contributed by atoms with E-state index in [2.05, 4.69) is 36.5 Å². The van der Waals surface area contributed by atoms with E-state index >= 15 is 0 Å². The molecular formula is C13H15NO. The summed E-state index contributed by atoms with van der Waals surface area (Å²) >= 11 is 0. The van der Waals surface area contributed by atoms with E-state index in [-0.39, 0.29) is 6.04 Å². The molecule has 0 saturated heterocycles. The average Bonchev–Trinajstić information content (AvgIpc) is 2.75. The van der Waals surface area contributed by atoms with Gasteiger partial charge in [0.25, 0.3) is 0 Å². The van der Waals surface area contributed by atoms with Gasteiger partial charge in [0.15, 0.2) is 0 Å². The third-order valence-electron chi connectivity index (χ3n) is 2.58. The van der Waals surface area contributed by atoms with Crippen LogP contribution in [0.15, 0.2) is 47.3 Å². The molecule has 0 saturated carbocycles. The van der Waals surface area contributed by atoms with Crippen LogP contribution in [0.2, 0.25) is 0 Å². The Morgan fingerprint density at radius 2 is 1.80 bits per heavy atom. The van der Waals surface area contributed by atoms with E-state index in [1.807, 2.05) is 13.1 Å². The first-order chi connectivity index (χ1) is 7.31. The third kappa shape index (κ3) is 2.10.